The van der Waals surface area contributed by atoms with Gasteiger partial charge in [-0.3, -0.25) is 0 Å². The van der Waals surface area contributed by atoms with Crippen LogP contribution in [-0.4, -0.2) is 62.0 Å². The molecule has 0 aromatic heterocycles. The second-order valence-corrected chi connectivity index (χ2v) is 10.1. The fourth-order valence-corrected chi connectivity index (χ4v) is 5.79. The lowest BCUT2D eigenvalue weighted by Crippen LogP contribution is -2.44. The molecule has 1 unspecified atom stereocenters. The maximum absolute atomic E-state index is 13.6. The van der Waals surface area contributed by atoms with Crippen molar-refractivity contribution in [1.82, 2.24) is 9.80 Å². The number of benzene rings is 2. The monoisotopic (exact) mass is 468 g/mol. The number of fused-ring (bicyclic) bond motifs is 1. The van der Waals surface area contributed by atoms with Crippen LogP contribution in [0.25, 0.3) is 0 Å². The third-order valence-electron chi connectivity index (χ3n) is 7.78. The molecule has 3 atom stereocenters. The van der Waals surface area contributed by atoms with E-state index < -0.39 is 0 Å². The molecule has 0 aliphatic carbocycles. The van der Waals surface area contributed by atoms with Gasteiger partial charge in [0.25, 0.3) is 0 Å². The number of hydrogen-bond acceptors (Lipinski definition) is 5. The molecule has 2 fully saturated rings. The number of likely N-dealkylation sites (tertiary alicyclic amines) is 2. The van der Waals surface area contributed by atoms with Gasteiger partial charge in [-0.05, 0) is 94.5 Å². The SMILES string of the molecule is CC1CCCCN1CCCN1CC[C@@H](c2ccc(F)cc2)[C@H](COc2ccc3c(c2)OCO3)C1. The zero-order valence-corrected chi connectivity index (χ0v) is 20.3. The molecule has 2 aromatic rings. The third-order valence-corrected chi connectivity index (χ3v) is 7.78. The maximum Gasteiger partial charge on any atom is 0.231 e. The standard InChI is InChI=1S/C28H37FN2O3/c1-21-5-2-3-14-31(21)15-4-13-30-16-12-26(22-6-8-24(29)9-7-22)23(18-30)19-32-25-10-11-27-28(17-25)34-20-33-27/h6-11,17,21,23,26H,2-5,12-16,18-20H2,1H3/t21?,23-,26-/m0/s1. The fraction of sp³-hybridized carbons (Fsp3) is 0.571. The quantitative estimate of drug-likeness (QED) is 0.525. The van der Waals surface area contributed by atoms with Crippen molar-refractivity contribution >= 4 is 0 Å². The predicted molar refractivity (Wildman–Crippen MR) is 131 cm³/mol. The Balaban J connectivity index is 1.21. The van der Waals surface area contributed by atoms with Crippen LogP contribution in [0.4, 0.5) is 4.39 Å². The Labute approximate surface area is 202 Å². The molecule has 0 radical (unpaired) electrons. The summed E-state index contributed by atoms with van der Waals surface area (Å²) in [6.45, 7) is 8.91. The van der Waals surface area contributed by atoms with Crippen LogP contribution < -0.4 is 14.2 Å². The molecule has 2 aromatic carbocycles. The number of nitrogens with zero attached hydrogens (tertiary/aromatic N) is 2. The molecule has 184 valence electrons. The summed E-state index contributed by atoms with van der Waals surface area (Å²) in [5.74, 6) is 2.85. The lowest BCUT2D eigenvalue weighted by Gasteiger charge is -2.39. The van der Waals surface area contributed by atoms with Crippen molar-refractivity contribution in [1.29, 1.82) is 0 Å². The minimum Gasteiger partial charge on any atom is -0.493 e. The van der Waals surface area contributed by atoms with E-state index in [0.29, 0.717) is 18.4 Å². The van der Waals surface area contributed by atoms with Gasteiger partial charge < -0.3 is 24.0 Å². The molecule has 5 nitrogen and oxygen atoms in total. The molecule has 0 bridgehead atoms. The second kappa shape index (κ2) is 11.0. The van der Waals surface area contributed by atoms with Crippen molar-refractivity contribution in [2.24, 2.45) is 5.92 Å². The first kappa shape index (κ1) is 23.4. The average Bonchev–Trinajstić information content (AvgIpc) is 3.33. The lowest BCUT2D eigenvalue weighted by molar-refractivity contribution is 0.100. The van der Waals surface area contributed by atoms with Gasteiger partial charge in [0.15, 0.2) is 11.5 Å². The summed E-state index contributed by atoms with van der Waals surface area (Å²) in [7, 11) is 0. The molecular weight excluding hydrogens is 431 g/mol. The van der Waals surface area contributed by atoms with Crippen LogP contribution in [0.2, 0.25) is 0 Å². The minimum absolute atomic E-state index is 0.179. The van der Waals surface area contributed by atoms with Gasteiger partial charge in [0, 0.05) is 24.6 Å². The summed E-state index contributed by atoms with van der Waals surface area (Å²) < 4.78 is 30.7. The van der Waals surface area contributed by atoms with Gasteiger partial charge in [0.2, 0.25) is 6.79 Å². The van der Waals surface area contributed by atoms with Crippen LogP contribution in [0.3, 0.4) is 0 Å². The Morgan fingerprint density at radius 1 is 0.971 bits per heavy atom. The topological polar surface area (TPSA) is 34.2 Å². The number of rotatable bonds is 8. The Morgan fingerprint density at radius 3 is 2.68 bits per heavy atom. The largest absolute Gasteiger partial charge is 0.493 e. The third kappa shape index (κ3) is 5.66. The van der Waals surface area contributed by atoms with Crippen LogP contribution in [0.5, 0.6) is 17.2 Å². The summed E-state index contributed by atoms with van der Waals surface area (Å²) in [6.07, 6.45) is 6.33. The van der Waals surface area contributed by atoms with Crippen molar-refractivity contribution in [2.75, 3.05) is 46.1 Å². The molecule has 6 heteroatoms. The number of ether oxygens (including phenoxy) is 3. The Kier molecular flexibility index (Phi) is 7.55. The highest BCUT2D eigenvalue weighted by Gasteiger charge is 2.31. The van der Waals surface area contributed by atoms with E-state index in [4.69, 9.17) is 14.2 Å². The van der Waals surface area contributed by atoms with Crippen LogP contribution in [-0.2, 0) is 0 Å². The smallest absolute Gasteiger partial charge is 0.231 e. The normalized spacial score (nSPS) is 25.4. The van der Waals surface area contributed by atoms with E-state index in [-0.39, 0.29) is 12.6 Å². The van der Waals surface area contributed by atoms with E-state index in [1.165, 1.54) is 44.3 Å². The molecule has 3 aliphatic rings. The summed E-state index contributed by atoms with van der Waals surface area (Å²) in [5.41, 5.74) is 1.21. The highest BCUT2D eigenvalue weighted by molar-refractivity contribution is 5.46. The van der Waals surface area contributed by atoms with E-state index >= 15 is 0 Å². The average molecular weight is 469 g/mol. The first-order valence-corrected chi connectivity index (χ1v) is 12.9. The van der Waals surface area contributed by atoms with Crippen molar-refractivity contribution in [3.8, 4) is 17.2 Å². The maximum atomic E-state index is 13.6. The van der Waals surface area contributed by atoms with Gasteiger partial charge in [-0.2, -0.15) is 0 Å². The molecular formula is C28H37FN2O3. The number of piperidine rings is 2. The van der Waals surface area contributed by atoms with Crippen LogP contribution in [0.15, 0.2) is 42.5 Å². The highest BCUT2D eigenvalue weighted by Crippen LogP contribution is 2.37. The zero-order valence-electron chi connectivity index (χ0n) is 20.3. The fourth-order valence-electron chi connectivity index (χ4n) is 5.79. The number of hydrogen-bond donors (Lipinski definition) is 0. The van der Waals surface area contributed by atoms with Gasteiger partial charge in [-0.15, -0.1) is 0 Å². The Morgan fingerprint density at radius 2 is 1.82 bits per heavy atom. The first-order chi connectivity index (χ1) is 16.7. The van der Waals surface area contributed by atoms with Crippen molar-refractivity contribution in [3.63, 3.8) is 0 Å². The molecule has 2 saturated heterocycles. The molecule has 3 heterocycles. The first-order valence-electron chi connectivity index (χ1n) is 12.9. The Bertz CT molecular complexity index is 938. The molecule has 0 amide bonds. The van der Waals surface area contributed by atoms with E-state index in [2.05, 4.69) is 16.7 Å². The van der Waals surface area contributed by atoms with Crippen molar-refractivity contribution in [3.05, 3.63) is 53.8 Å². The summed E-state index contributed by atoms with van der Waals surface area (Å²) in [6, 6.07) is 13.5. The molecule has 0 spiro atoms. The molecule has 34 heavy (non-hydrogen) atoms. The van der Waals surface area contributed by atoms with Crippen molar-refractivity contribution < 1.29 is 18.6 Å². The summed E-state index contributed by atoms with van der Waals surface area (Å²) in [5, 5.41) is 0. The van der Waals surface area contributed by atoms with Crippen LogP contribution in [0, 0.1) is 11.7 Å². The minimum atomic E-state index is -0.179. The summed E-state index contributed by atoms with van der Waals surface area (Å²) in [4.78, 5) is 5.26. The van der Waals surface area contributed by atoms with Gasteiger partial charge in [0.1, 0.15) is 11.6 Å². The van der Waals surface area contributed by atoms with Gasteiger partial charge in [-0.1, -0.05) is 18.6 Å². The van der Waals surface area contributed by atoms with Gasteiger partial charge >= 0.3 is 0 Å². The predicted octanol–water partition coefficient (Wildman–Crippen LogP) is 5.30. The molecule has 3 aliphatic heterocycles. The van der Waals surface area contributed by atoms with E-state index in [9.17, 15) is 4.39 Å². The van der Waals surface area contributed by atoms with Crippen molar-refractivity contribution in [2.45, 2.75) is 51.0 Å². The van der Waals surface area contributed by atoms with E-state index in [1.807, 2.05) is 30.3 Å². The lowest BCUT2D eigenvalue weighted by atomic mass is 9.80. The van der Waals surface area contributed by atoms with E-state index in [1.54, 1.807) is 12.1 Å². The Hall–Kier alpha value is -2.31. The zero-order chi connectivity index (χ0) is 23.3. The molecule has 0 saturated carbocycles. The number of halogens is 1. The molecule has 0 N–H and O–H groups in total. The van der Waals surface area contributed by atoms with Gasteiger partial charge in [-0.25, -0.2) is 4.39 Å². The highest BCUT2D eigenvalue weighted by atomic mass is 19.1. The van der Waals surface area contributed by atoms with Crippen LogP contribution in [0.1, 0.15) is 50.5 Å². The van der Waals surface area contributed by atoms with E-state index in [0.717, 1.165) is 49.3 Å². The van der Waals surface area contributed by atoms with Crippen LogP contribution >= 0.6 is 0 Å². The second-order valence-electron chi connectivity index (χ2n) is 10.1. The van der Waals surface area contributed by atoms with Gasteiger partial charge in [0.05, 0.1) is 6.61 Å². The molecule has 5 rings (SSSR count). The summed E-state index contributed by atoms with van der Waals surface area (Å²) >= 11 is 0.